The molecule has 0 bridgehead atoms. The fourth-order valence-corrected chi connectivity index (χ4v) is 3.23. The summed E-state index contributed by atoms with van der Waals surface area (Å²) in [5, 5.41) is 14.9. The topological polar surface area (TPSA) is 84.6 Å². The van der Waals surface area contributed by atoms with E-state index in [2.05, 4.69) is 10.3 Å². The number of aliphatic imine (C=N–C) groups is 1. The van der Waals surface area contributed by atoms with Crippen molar-refractivity contribution in [2.75, 3.05) is 17.6 Å². The van der Waals surface area contributed by atoms with Crippen molar-refractivity contribution in [2.45, 2.75) is 6.42 Å². The lowest BCUT2D eigenvalue weighted by molar-refractivity contribution is -0.384. The highest BCUT2D eigenvalue weighted by atomic mass is 32.2. The zero-order valence-corrected chi connectivity index (χ0v) is 14.7. The molecule has 0 saturated heterocycles. The van der Waals surface area contributed by atoms with Gasteiger partial charge in [-0.05, 0) is 42.3 Å². The molecule has 2 aromatic rings. The number of ketones is 1. The van der Waals surface area contributed by atoms with Crippen LogP contribution in [0.15, 0.2) is 59.6 Å². The second kappa shape index (κ2) is 8.44. The number of rotatable bonds is 5. The van der Waals surface area contributed by atoms with E-state index in [0.717, 1.165) is 29.6 Å². The van der Waals surface area contributed by atoms with E-state index in [9.17, 15) is 14.9 Å². The highest BCUT2D eigenvalue weighted by Crippen LogP contribution is 2.18. The predicted octanol–water partition coefficient (Wildman–Crippen LogP) is 4.40. The molecule has 2 aromatic carbocycles. The number of non-ortho nitro benzene ring substituents is 1. The highest BCUT2D eigenvalue weighted by molar-refractivity contribution is 8.14. The third kappa shape index (κ3) is 4.80. The summed E-state index contributed by atoms with van der Waals surface area (Å²) in [6.07, 6.45) is 4.09. The summed E-state index contributed by atoms with van der Waals surface area (Å²) >= 11 is 1.69. The van der Waals surface area contributed by atoms with E-state index in [1.807, 2.05) is 12.1 Å². The van der Waals surface area contributed by atoms with Crippen LogP contribution in [-0.4, -0.2) is 28.2 Å². The van der Waals surface area contributed by atoms with Crippen molar-refractivity contribution in [3.63, 3.8) is 0 Å². The average Bonchev–Trinajstić information content (AvgIpc) is 2.68. The number of nitrogens with zero attached hydrogens (tertiary/aromatic N) is 2. The Labute approximate surface area is 155 Å². The fraction of sp³-hybridized carbons (Fsp3) is 0.158. The molecule has 1 aliphatic heterocycles. The number of carbonyl (C=O) groups excluding carboxylic acids is 1. The van der Waals surface area contributed by atoms with Crippen molar-refractivity contribution in [1.82, 2.24) is 0 Å². The van der Waals surface area contributed by atoms with Gasteiger partial charge < -0.3 is 5.32 Å². The van der Waals surface area contributed by atoms with Crippen LogP contribution in [0, 0.1) is 10.1 Å². The van der Waals surface area contributed by atoms with Gasteiger partial charge in [0.1, 0.15) is 0 Å². The number of carbonyl (C=O) groups is 1. The van der Waals surface area contributed by atoms with Gasteiger partial charge in [0.15, 0.2) is 11.0 Å². The van der Waals surface area contributed by atoms with Crippen molar-refractivity contribution >= 4 is 40.2 Å². The number of hydrogen-bond donors (Lipinski definition) is 1. The smallest absolute Gasteiger partial charge is 0.270 e. The summed E-state index contributed by atoms with van der Waals surface area (Å²) in [5.41, 5.74) is 2.05. The molecule has 0 fully saturated rings. The van der Waals surface area contributed by atoms with Gasteiger partial charge in [-0.2, -0.15) is 0 Å². The molecular weight excluding hydrogens is 350 g/mol. The quantitative estimate of drug-likeness (QED) is 0.366. The Morgan fingerprint density at radius 1 is 1.23 bits per heavy atom. The van der Waals surface area contributed by atoms with Gasteiger partial charge in [0.25, 0.3) is 5.69 Å². The van der Waals surface area contributed by atoms with Crippen LogP contribution in [0.25, 0.3) is 6.08 Å². The summed E-state index contributed by atoms with van der Waals surface area (Å²) in [6, 6.07) is 13.3. The Hall–Kier alpha value is -2.93. The minimum absolute atomic E-state index is 0.00137. The van der Waals surface area contributed by atoms with Crippen molar-refractivity contribution in [3.05, 3.63) is 75.8 Å². The van der Waals surface area contributed by atoms with Crippen molar-refractivity contribution in [3.8, 4) is 0 Å². The SMILES string of the molecule is O=C(C=Cc1cccc([N+](=O)[O-])c1)c1ccc(NC2=NCCCS2)cc1. The Bertz CT molecular complexity index is 876. The van der Waals surface area contributed by atoms with E-state index in [1.165, 1.54) is 18.2 Å². The zero-order valence-electron chi connectivity index (χ0n) is 13.9. The van der Waals surface area contributed by atoms with Crippen molar-refractivity contribution < 1.29 is 9.72 Å². The third-order valence-corrected chi connectivity index (χ3v) is 4.72. The largest absolute Gasteiger partial charge is 0.335 e. The first kappa shape index (κ1) is 17.9. The zero-order chi connectivity index (χ0) is 18.4. The van der Waals surface area contributed by atoms with Crippen molar-refractivity contribution in [1.29, 1.82) is 0 Å². The van der Waals surface area contributed by atoms with E-state index < -0.39 is 4.92 Å². The molecule has 132 valence electrons. The van der Waals surface area contributed by atoms with E-state index >= 15 is 0 Å². The summed E-state index contributed by atoms with van der Waals surface area (Å²) < 4.78 is 0. The molecule has 0 radical (unpaired) electrons. The maximum atomic E-state index is 12.3. The maximum Gasteiger partial charge on any atom is 0.270 e. The summed E-state index contributed by atoms with van der Waals surface area (Å²) in [7, 11) is 0. The highest BCUT2D eigenvalue weighted by Gasteiger charge is 2.08. The van der Waals surface area contributed by atoms with Crippen LogP contribution in [0.1, 0.15) is 22.3 Å². The van der Waals surface area contributed by atoms with Crippen LogP contribution in [-0.2, 0) is 0 Å². The van der Waals surface area contributed by atoms with Gasteiger partial charge in [0.2, 0.25) is 0 Å². The Morgan fingerprint density at radius 2 is 2.04 bits per heavy atom. The van der Waals surface area contributed by atoms with E-state index in [4.69, 9.17) is 0 Å². The van der Waals surface area contributed by atoms with Crippen LogP contribution in [0.2, 0.25) is 0 Å². The fourth-order valence-electron chi connectivity index (χ4n) is 2.39. The number of thioether (sulfide) groups is 1. The minimum atomic E-state index is -0.459. The normalized spacial score (nSPS) is 14.1. The Morgan fingerprint density at radius 3 is 2.73 bits per heavy atom. The summed E-state index contributed by atoms with van der Waals surface area (Å²) in [5.74, 6) is 0.901. The van der Waals surface area contributed by atoms with E-state index in [0.29, 0.717) is 11.1 Å². The second-order valence-corrected chi connectivity index (χ2v) is 6.72. The summed E-state index contributed by atoms with van der Waals surface area (Å²) in [4.78, 5) is 27.0. The Kier molecular flexibility index (Phi) is 5.80. The predicted molar refractivity (Wildman–Crippen MR) is 106 cm³/mol. The molecule has 1 aliphatic rings. The molecule has 1 N–H and O–H groups in total. The average molecular weight is 367 g/mol. The maximum absolute atomic E-state index is 12.3. The van der Waals surface area contributed by atoms with E-state index in [1.54, 1.807) is 42.1 Å². The first-order valence-corrected chi connectivity index (χ1v) is 9.11. The van der Waals surface area contributed by atoms with Crippen LogP contribution in [0.5, 0.6) is 0 Å². The van der Waals surface area contributed by atoms with Crippen LogP contribution in [0.4, 0.5) is 11.4 Å². The molecule has 1 heterocycles. The lowest BCUT2D eigenvalue weighted by Crippen LogP contribution is -2.13. The van der Waals surface area contributed by atoms with Gasteiger partial charge >= 0.3 is 0 Å². The van der Waals surface area contributed by atoms with Crippen LogP contribution >= 0.6 is 11.8 Å². The molecule has 0 aromatic heterocycles. The molecule has 0 atom stereocenters. The number of allylic oxidation sites excluding steroid dienone is 1. The molecule has 0 amide bonds. The van der Waals surface area contributed by atoms with Gasteiger partial charge in [-0.1, -0.05) is 30.0 Å². The molecule has 7 heteroatoms. The number of nitrogens with one attached hydrogen (secondary N) is 1. The monoisotopic (exact) mass is 367 g/mol. The Balaban J connectivity index is 1.65. The molecule has 0 unspecified atom stereocenters. The lowest BCUT2D eigenvalue weighted by Gasteiger charge is -2.13. The molecule has 0 spiro atoms. The van der Waals surface area contributed by atoms with Gasteiger partial charge in [0, 0.05) is 35.7 Å². The first-order valence-electron chi connectivity index (χ1n) is 8.13. The molecule has 0 aliphatic carbocycles. The number of hydrogen-bond acceptors (Lipinski definition) is 6. The molecular formula is C19H17N3O3S. The third-order valence-electron chi connectivity index (χ3n) is 3.73. The molecule has 6 nitrogen and oxygen atoms in total. The van der Waals surface area contributed by atoms with Crippen molar-refractivity contribution in [2.24, 2.45) is 4.99 Å². The number of benzene rings is 2. The minimum Gasteiger partial charge on any atom is -0.335 e. The molecule has 0 saturated carbocycles. The number of nitro groups is 1. The van der Waals surface area contributed by atoms with Gasteiger partial charge in [0.05, 0.1) is 4.92 Å². The number of amidine groups is 1. The number of anilines is 1. The second-order valence-electron chi connectivity index (χ2n) is 5.64. The lowest BCUT2D eigenvalue weighted by atomic mass is 10.1. The number of nitro benzene ring substituents is 1. The van der Waals surface area contributed by atoms with Gasteiger partial charge in [-0.25, -0.2) is 0 Å². The first-order chi connectivity index (χ1) is 12.6. The van der Waals surface area contributed by atoms with Gasteiger partial charge in [-0.15, -0.1) is 0 Å². The summed E-state index contributed by atoms with van der Waals surface area (Å²) in [6.45, 7) is 0.842. The van der Waals surface area contributed by atoms with Crippen LogP contribution < -0.4 is 5.32 Å². The van der Waals surface area contributed by atoms with Gasteiger partial charge in [-0.3, -0.25) is 19.9 Å². The molecule has 26 heavy (non-hydrogen) atoms. The van der Waals surface area contributed by atoms with E-state index in [-0.39, 0.29) is 11.5 Å². The molecule has 3 rings (SSSR count). The standard InChI is InChI=1S/C19H17N3O3S/c23-18(10-5-14-3-1-4-17(13-14)22(24)25)15-6-8-16(9-7-15)21-19-20-11-2-12-26-19/h1,3-10,13H,2,11-12H2,(H,20,21). The van der Waals surface area contributed by atoms with Crippen LogP contribution in [0.3, 0.4) is 0 Å².